The maximum Gasteiger partial charge on any atom is -0.00202 e. The van der Waals surface area contributed by atoms with Gasteiger partial charge < -0.3 is 5.73 Å². The van der Waals surface area contributed by atoms with Gasteiger partial charge in [-0.05, 0) is 55.4 Å². The van der Waals surface area contributed by atoms with Crippen LogP contribution in [0, 0.1) is 23.2 Å². The highest BCUT2D eigenvalue weighted by atomic mass is 14.7. The van der Waals surface area contributed by atoms with E-state index in [4.69, 9.17) is 5.73 Å². The Bertz CT molecular complexity index is 219. The molecule has 2 unspecified atom stereocenters. The highest BCUT2D eigenvalue weighted by molar-refractivity contribution is 5.04. The van der Waals surface area contributed by atoms with Gasteiger partial charge >= 0.3 is 0 Å². The van der Waals surface area contributed by atoms with E-state index in [1.807, 2.05) is 0 Å². The van der Waals surface area contributed by atoms with Gasteiger partial charge in [0.05, 0.1) is 0 Å². The van der Waals surface area contributed by atoms with Gasteiger partial charge in [0.1, 0.15) is 0 Å². The van der Waals surface area contributed by atoms with Crippen LogP contribution in [-0.4, -0.2) is 6.54 Å². The summed E-state index contributed by atoms with van der Waals surface area (Å²) < 4.78 is 0. The Morgan fingerprint density at radius 1 is 1.00 bits per heavy atom. The van der Waals surface area contributed by atoms with Gasteiger partial charge in [-0.25, -0.2) is 0 Å². The second-order valence-electron chi connectivity index (χ2n) is 6.58. The maximum atomic E-state index is 6.07. The topological polar surface area (TPSA) is 26.0 Å². The third kappa shape index (κ3) is 1.95. The smallest absolute Gasteiger partial charge is 0.00202 e. The fourth-order valence-electron chi connectivity index (χ4n) is 4.43. The van der Waals surface area contributed by atoms with Crippen molar-refractivity contribution >= 4 is 0 Å². The van der Waals surface area contributed by atoms with Gasteiger partial charge in [-0.2, -0.15) is 0 Å². The Morgan fingerprint density at radius 3 is 2.27 bits per heavy atom. The zero-order chi connectivity index (χ0) is 10.3. The molecule has 0 aliphatic heterocycles. The average molecular weight is 207 g/mol. The lowest BCUT2D eigenvalue weighted by molar-refractivity contribution is 0.178. The van der Waals surface area contributed by atoms with Crippen molar-refractivity contribution in [1.82, 2.24) is 0 Å². The molecule has 0 saturated heterocycles. The SMILES string of the molecule is NCC1(CC2CCCCC2)CC2CC2C1. The molecular formula is C14H25N. The summed E-state index contributed by atoms with van der Waals surface area (Å²) in [5, 5.41) is 0. The molecule has 2 atom stereocenters. The molecule has 0 radical (unpaired) electrons. The molecule has 0 aromatic rings. The predicted octanol–water partition coefficient (Wildman–Crippen LogP) is 3.33. The van der Waals surface area contributed by atoms with Crippen LogP contribution in [0.4, 0.5) is 0 Å². The highest BCUT2D eigenvalue weighted by Gasteiger charge is 2.53. The van der Waals surface area contributed by atoms with E-state index in [1.54, 1.807) is 0 Å². The predicted molar refractivity (Wildman–Crippen MR) is 63.5 cm³/mol. The van der Waals surface area contributed by atoms with Crippen molar-refractivity contribution in [2.24, 2.45) is 28.9 Å². The molecule has 0 bridgehead atoms. The summed E-state index contributed by atoms with van der Waals surface area (Å²) in [7, 11) is 0. The van der Waals surface area contributed by atoms with Crippen molar-refractivity contribution in [3.63, 3.8) is 0 Å². The first kappa shape index (κ1) is 10.1. The maximum absolute atomic E-state index is 6.07. The molecule has 15 heavy (non-hydrogen) atoms. The molecule has 3 aliphatic carbocycles. The van der Waals surface area contributed by atoms with Gasteiger partial charge in [-0.15, -0.1) is 0 Å². The van der Waals surface area contributed by atoms with Gasteiger partial charge in [-0.3, -0.25) is 0 Å². The third-order valence-electron chi connectivity index (χ3n) is 5.34. The first-order chi connectivity index (χ1) is 7.31. The molecule has 1 heteroatoms. The second-order valence-corrected chi connectivity index (χ2v) is 6.58. The molecule has 0 amide bonds. The molecule has 3 saturated carbocycles. The van der Waals surface area contributed by atoms with E-state index < -0.39 is 0 Å². The first-order valence-electron chi connectivity index (χ1n) is 7.01. The van der Waals surface area contributed by atoms with Crippen molar-refractivity contribution in [2.45, 2.75) is 57.8 Å². The van der Waals surface area contributed by atoms with Gasteiger partial charge in [0.15, 0.2) is 0 Å². The van der Waals surface area contributed by atoms with Crippen LogP contribution in [0.2, 0.25) is 0 Å². The lowest BCUT2D eigenvalue weighted by atomic mass is 9.72. The Labute approximate surface area is 93.8 Å². The minimum Gasteiger partial charge on any atom is -0.330 e. The summed E-state index contributed by atoms with van der Waals surface area (Å²) in [6.45, 7) is 0.969. The van der Waals surface area contributed by atoms with E-state index in [0.29, 0.717) is 5.41 Å². The zero-order valence-electron chi connectivity index (χ0n) is 9.88. The van der Waals surface area contributed by atoms with Crippen LogP contribution < -0.4 is 5.73 Å². The monoisotopic (exact) mass is 207 g/mol. The van der Waals surface area contributed by atoms with Crippen molar-refractivity contribution in [2.75, 3.05) is 6.54 Å². The molecule has 3 fully saturated rings. The number of nitrogens with two attached hydrogens (primary N) is 1. The van der Waals surface area contributed by atoms with Gasteiger partial charge in [-0.1, -0.05) is 32.1 Å². The summed E-state index contributed by atoms with van der Waals surface area (Å²) in [5.74, 6) is 3.22. The largest absolute Gasteiger partial charge is 0.330 e. The second kappa shape index (κ2) is 3.76. The molecule has 86 valence electrons. The number of fused-ring (bicyclic) bond motifs is 1. The van der Waals surface area contributed by atoms with Crippen LogP contribution in [0.15, 0.2) is 0 Å². The summed E-state index contributed by atoms with van der Waals surface area (Å²) in [6, 6.07) is 0. The van der Waals surface area contributed by atoms with Crippen molar-refractivity contribution in [3.8, 4) is 0 Å². The van der Waals surface area contributed by atoms with Crippen LogP contribution in [0.5, 0.6) is 0 Å². The summed E-state index contributed by atoms with van der Waals surface area (Å²) in [6.07, 6.45) is 13.4. The molecule has 0 aromatic carbocycles. The summed E-state index contributed by atoms with van der Waals surface area (Å²) in [5.41, 5.74) is 6.66. The Morgan fingerprint density at radius 2 is 1.67 bits per heavy atom. The molecule has 0 spiro atoms. The molecular weight excluding hydrogens is 182 g/mol. The minimum atomic E-state index is 0.593. The van der Waals surface area contributed by atoms with E-state index >= 15 is 0 Å². The van der Waals surface area contributed by atoms with Crippen LogP contribution in [-0.2, 0) is 0 Å². The van der Waals surface area contributed by atoms with Crippen LogP contribution in [0.25, 0.3) is 0 Å². The molecule has 0 aromatic heterocycles. The molecule has 3 rings (SSSR count). The normalized spacial score (nSPS) is 45.4. The lowest BCUT2D eigenvalue weighted by Crippen LogP contribution is -2.32. The Kier molecular flexibility index (Phi) is 2.54. The Hall–Kier alpha value is -0.0400. The number of hydrogen-bond donors (Lipinski definition) is 1. The van der Waals surface area contributed by atoms with E-state index in [9.17, 15) is 0 Å². The minimum absolute atomic E-state index is 0.593. The van der Waals surface area contributed by atoms with E-state index in [0.717, 1.165) is 24.3 Å². The van der Waals surface area contributed by atoms with E-state index in [2.05, 4.69) is 0 Å². The first-order valence-corrected chi connectivity index (χ1v) is 7.01. The van der Waals surface area contributed by atoms with E-state index in [-0.39, 0.29) is 0 Å². The van der Waals surface area contributed by atoms with Gasteiger partial charge in [0.2, 0.25) is 0 Å². The molecule has 0 heterocycles. The van der Waals surface area contributed by atoms with Crippen molar-refractivity contribution < 1.29 is 0 Å². The third-order valence-corrected chi connectivity index (χ3v) is 5.34. The lowest BCUT2D eigenvalue weighted by Gasteiger charge is -2.35. The molecule has 2 N–H and O–H groups in total. The highest BCUT2D eigenvalue weighted by Crippen LogP contribution is 2.61. The number of rotatable bonds is 3. The zero-order valence-corrected chi connectivity index (χ0v) is 9.88. The number of hydrogen-bond acceptors (Lipinski definition) is 1. The molecule has 3 aliphatic rings. The van der Waals surface area contributed by atoms with Crippen molar-refractivity contribution in [3.05, 3.63) is 0 Å². The van der Waals surface area contributed by atoms with E-state index in [1.165, 1.54) is 57.8 Å². The van der Waals surface area contributed by atoms with Gasteiger partial charge in [0.25, 0.3) is 0 Å². The fraction of sp³-hybridized carbons (Fsp3) is 1.00. The molecule has 1 nitrogen and oxygen atoms in total. The average Bonchev–Trinajstić information content (AvgIpc) is 2.89. The standard InChI is InChI=1S/C14H25N/c15-10-14(8-12-6-13(12)9-14)7-11-4-2-1-3-5-11/h11-13H,1-10,15H2. The summed E-state index contributed by atoms with van der Waals surface area (Å²) >= 11 is 0. The Balaban J connectivity index is 1.59. The quantitative estimate of drug-likeness (QED) is 0.754. The summed E-state index contributed by atoms with van der Waals surface area (Å²) in [4.78, 5) is 0. The fourth-order valence-corrected chi connectivity index (χ4v) is 4.43. The van der Waals surface area contributed by atoms with Crippen LogP contribution in [0.1, 0.15) is 57.8 Å². The van der Waals surface area contributed by atoms with Crippen LogP contribution >= 0.6 is 0 Å². The van der Waals surface area contributed by atoms with Gasteiger partial charge in [0, 0.05) is 0 Å². The van der Waals surface area contributed by atoms with Crippen molar-refractivity contribution in [1.29, 1.82) is 0 Å². The van der Waals surface area contributed by atoms with Crippen LogP contribution in [0.3, 0.4) is 0 Å².